The van der Waals surface area contributed by atoms with Gasteiger partial charge in [-0.2, -0.15) is 4.98 Å². The van der Waals surface area contributed by atoms with Gasteiger partial charge in [0.25, 0.3) is 0 Å². The zero-order chi connectivity index (χ0) is 18.7. The molecule has 0 radical (unpaired) electrons. The van der Waals surface area contributed by atoms with Crippen molar-refractivity contribution in [2.45, 2.75) is 27.2 Å². The fourth-order valence-corrected chi connectivity index (χ4v) is 3.31. The summed E-state index contributed by atoms with van der Waals surface area (Å²) in [5, 5.41) is 9.51. The molecule has 2 amide bonds. The van der Waals surface area contributed by atoms with Crippen LogP contribution in [0.15, 0.2) is 34.9 Å². The molecule has 0 unspecified atom stereocenters. The average Bonchev–Trinajstić information content (AvgIpc) is 3.15. The van der Waals surface area contributed by atoms with Gasteiger partial charge in [-0.1, -0.05) is 17.3 Å². The number of benzene rings is 1. The van der Waals surface area contributed by atoms with Gasteiger partial charge in [0.2, 0.25) is 23.5 Å². The third kappa shape index (κ3) is 4.34. The lowest BCUT2D eigenvalue weighted by molar-refractivity contribution is -0.116. The van der Waals surface area contributed by atoms with Crippen LogP contribution in [0.25, 0.3) is 10.7 Å². The Balaban J connectivity index is 1.65. The lowest BCUT2D eigenvalue weighted by atomic mass is 10.1. The predicted molar refractivity (Wildman–Crippen MR) is 100 cm³/mol. The molecule has 8 heteroatoms. The maximum Gasteiger partial charge on any atom is 0.228 e. The summed E-state index contributed by atoms with van der Waals surface area (Å²) in [5.41, 5.74) is 2.31. The van der Waals surface area contributed by atoms with Crippen LogP contribution in [0.2, 0.25) is 0 Å². The highest BCUT2D eigenvalue weighted by atomic mass is 32.1. The summed E-state index contributed by atoms with van der Waals surface area (Å²) in [5.74, 6) is 0.772. The van der Waals surface area contributed by atoms with Crippen molar-refractivity contribution in [3.05, 3.63) is 46.7 Å². The maximum atomic E-state index is 12.3. The molecule has 0 aliphatic rings. The van der Waals surface area contributed by atoms with Crippen LogP contribution in [0, 0.1) is 13.8 Å². The van der Waals surface area contributed by atoms with Gasteiger partial charge in [0, 0.05) is 24.4 Å². The van der Waals surface area contributed by atoms with Crippen molar-refractivity contribution in [1.29, 1.82) is 0 Å². The number of carbonyl (C=O) groups is 2. The quantitative estimate of drug-likeness (QED) is 0.716. The third-order valence-electron chi connectivity index (χ3n) is 3.58. The van der Waals surface area contributed by atoms with E-state index in [4.69, 9.17) is 4.52 Å². The van der Waals surface area contributed by atoms with E-state index in [-0.39, 0.29) is 18.2 Å². The Bertz CT molecular complexity index is 944. The van der Waals surface area contributed by atoms with Gasteiger partial charge in [-0.25, -0.2) is 0 Å². The summed E-state index contributed by atoms with van der Waals surface area (Å²) < 4.78 is 4.99. The number of hydrogen-bond donors (Lipinski definition) is 2. The molecule has 0 saturated carbocycles. The molecule has 2 aromatic heterocycles. The van der Waals surface area contributed by atoms with Crippen molar-refractivity contribution in [2.75, 3.05) is 10.6 Å². The molecule has 0 bridgehead atoms. The second kappa shape index (κ2) is 7.49. The molecule has 134 valence electrons. The van der Waals surface area contributed by atoms with Crippen molar-refractivity contribution in [3.63, 3.8) is 0 Å². The number of amides is 2. The Hall–Kier alpha value is -3.00. The van der Waals surface area contributed by atoms with Gasteiger partial charge >= 0.3 is 0 Å². The number of anilines is 2. The summed E-state index contributed by atoms with van der Waals surface area (Å²) in [7, 11) is 0. The molecule has 2 heterocycles. The Morgan fingerprint density at radius 2 is 1.88 bits per heavy atom. The van der Waals surface area contributed by atoms with Gasteiger partial charge in [-0.3, -0.25) is 9.59 Å². The van der Waals surface area contributed by atoms with Crippen LogP contribution < -0.4 is 10.6 Å². The van der Waals surface area contributed by atoms with Crippen LogP contribution in [0.3, 0.4) is 0 Å². The number of hydrogen-bond acceptors (Lipinski definition) is 6. The Labute approximate surface area is 154 Å². The number of nitrogens with one attached hydrogen (secondary N) is 2. The first kappa shape index (κ1) is 17.8. The van der Waals surface area contributed by atoms with Crippen LogP contribution in [0.5, 0.6) is 0 Å². The van der Waals surface area contributed by atoms with Crippen molar-refractivity contribution >= 4 is 34.5 Å². The Morgan fingerprint density at radius 1 is 1.15 bits per heavy atom. The zero-order valence-corrected chi connectivity index (χ0v) is 15.4. The first-order valence-corrected chi connectivity index (χ1v) is 8.80. The summed E-state index contributed by atoms with van der Waals surface area (Å²) in [6, 6.07) is 9.03. The van der Waals surface area contributed by atoms with Crippen LogP contribution in [0.4, 0.5) is 11.4 Å². The van der Waals surface area contributed by atoms with E-state index in [0.717, 1.165) is 21.0 Å². The van der Waals surface area contributed by atoms with E-state index >= 15 is 0 Å². The number of thiophene rings is 1. The second-order valence-electron chi connectivity index (χ2n) is 5.82. The molecule has 0 aliphatic carbocycles. The van der Waals surface area contributed by atoms with Gasteiger partial charge in [0.1, 0.15) is 0 Å². The number of carbonyl (C=O) groups excluding carboxylic acids is 2. The third-order valence-corrected chi connectivity index (χ3v) is 4.63. The molecule has 0 atom stereocenters. The molecule has 1 aromatic carbocycles. The monoisotopic (exact) mass is 370 g/mol. The van der Waals surface area contributed by atoms with Crippen LogP contribution in [0.1, 0.15) is 23.3 Å². The maximum absolute atomic E-state index is 12.3. The molecule has 26 heavy (non-hydrogen) atoms. The standard InChI is InChI=1S/C18H18N4O3S/c1-10-15(9-16(26-10)18-20-12(3)25-22-18)21-17(24)8-13-4-6-14(7-5-13)19-11(2)23/h4-7,9H,8H2,1-3H3,(H,19,23)(H,21,24). The molecular weight excluding hydrogens is 352 g/mol. The van der Waals surface area contributed by atoms with E-state index in [9.17, 15) is 9.59 Å². The molecule has 2 N–H and O–H groups in total. The molecule has 0 fully saturated rings. The van der Waals surface area contributed by atoms with Gasteiger partial charge in [-0.05, 0) is 30.7 Å². The largest absolute Gasteiger partial charge is 0.339 e. The molecule has 0 aliphatic heterocycles. The predicted octanol–water partition coefficient (Wildman–Crippen LogP) is 3.55. The summed E-state index contributed by atoms with van der Waals surface area (Å²) in [4.78, 5) is 29.4. The number of nitrogens with zero attached hydrogens (tertiary/aromatic N) is 2. The van der Waals surface area contributed by atoms with E-state index in [1.165, 1.54) is 18.3 Å². The van der Waals surface area contributed by atoms with E-state index in [1.54, 1.807) is 19.1 Å². The van der Waals surface area contributed by atoms with Crippen LogP contribution in [-0.2, 0) is 16.0 Å². The minimum absolute atomic E-state index is 0.117. The highest BCUT2D eigenvalue weighted by Crippen LogP contribution is 2.32. The number of aromatic nitrogens is 2. The van der Waals surface area contributed by atoms with E-state index in [2.05, 4.69) is 20.8 Å². The molecule has 3 aromatic rings. The van der Waals surface area contributed by atoms with Crippen molar-refractivity contribution < 1.29 is 14.1 Å². The number of rotatable bonds is 5. The van der Waals surface area contributed by atoms with Gasteiger partial charge in [0.05, 0.1) is 17.0 Å². The van der Waals surface area contributed by atoms with Gasteiger partial charge < -0.3 is 15.2 Å². The van der Waals surface area contributed by atoms with Crippen molar-refractivity contribution in [1.82, 2.24) is 10.1 Å². The molecular formula is C18H18N4O3S. The van der Waals surface area contributed by atoms with Crippen LogP contribution in [-0.4, -0.2) is 22.0 Å². The minimum atomic E-state index is -0.129. The lowest BCUT2D eigenvalue weighted by Gasteiger charge is -2.06. The number of aryl methyl sites for hydroxylation is 2. The Kier molecular flexibility index (Phi) is 5.13. The first-order chi connectivity index (χ1) is 12.4. The van der Waals surface area contributed by atoms with Gasteiger partial charge in [0.15, 0.2) is 0 Å². The smallest absolute Gasteiger partial charge is 0.228 e. The van der Waals surface area contributed by atoms with E-state index in [0.29, 0.717) is 17.4 Å². The summed E-state index contributed by atoms with van der Waals surface area (Å²) in [6.07, 6.45) is 0.242. The highest BCUT2D eigenvalue weighted by Gasteiger charge is 2.14. The fourth-order valence-electron chi connectivity index (χ4n) is 2.40. The molecule has 0 saturated heterocycles. The zero-order valence-electron chi connectivity index (χ0n) is 14.6. The van der Waals surface area contributed by atoms with Crippen molar-refractivity contribution in [3.8, 4) is 10.7 Å². The van der Waals surface area contributed by atoms with Gasteiger partial charge in [-0.15, -0.1) is 11.3 Å². The van der Waals surface area contributed by atoms with Crippen LogP contribution >= 0.6 is 11.3 Å². The highest BCUT2D eigenvalue weighted by molar-refractivity contribution is 7.16. The molecule has 0 spiro atoms. The second-order valence-corrected chi connectivity index (χ2v) is 7.08. The first-order valence-electron chi connectivity index (χ1n) is 7.98. The average molecular weight is 370 g/mol. The van der Waals surface area contributed by atoms with E-state index < -0.39 is 0 Å². The molecule has 3 rings (SSSR count). The summed E-state index contributed by atoms with van der Waals surface area (Å²) >= 11 is 1.50. The lowest BCUT2D eigenvalue weighted by Crippen LogP contribution is -2.14. The normalized spacial score (nSPS) is 10.6. The van der Waals surface area contributed by atoms with Crippen molar-refractivity contribution in [2.24, 2.45) is 0 Å². The van der Waals surface area contributed by atoms with E-state index in [1.807, 2.05) is 25.1 Å². The minimum Gasteiger partial charge on any atom is -0.339 e. The molecule has 7 nitrogen and oxygen atoms in total. The summed E-state index contributed by atoms with van der Waals surface area (Å²) in [6.45, 7) is 5.12. The Morgan fingerprint density at radius 3 is 2.50 bits per heavy atom. The topological polar surface area (TPSA) is 97.1 Å². The SMILES string of the molecule is CC(=O)Nc1ccc(CC(=O)Nc2cc(-c3noc(C)n3)sc2C)cc1. The fraction of sp³-hybridized carbons (Fsp3) is 0.222.